The van der Waals surface area contributed by atoms with E-state index >= 15 is 0 Å². The maximum atomic E-state index is 5.33. The van der Waals surface area contributed by atoms with Gasteiger partial charge in [-0.15, -0.1) is 0 Å². The molecule has 0 aliphatic heterocycles. The van der Waals surface area contributed by atoms with E-state index in [0.717, 1.165) is 18.1 Å². The summed E-state index contributed by atoms with van der Waals surface area (Å²) in [6, 6.07) is 0. The zero-order valence-corrected chi connectivity index (χ0v) is 8.61. The average molecular weight is 197 g/mol. The highest BCUT2D eigenvalue weighted by Gasteiger charge is 1.87. The second kappa shape index (κ2) is 10.0. The lowest BCUT2D eigenvalue weighted by atomic mass is 10.8. The van der Waals surface area contributed by atoms with Crippen LogP contribution in [0.2, 0.25) is 0 Å². The van der Waals surface area contributed by atoms with Crippen molar-refractivity contribution >= 4 is 36.2 Å². The molecule has 0 saturated carbocycles. The van der Waals surface area contributed by atoms with E-state index in [0.29, 0.717) is 0 Å². The van der Waals surface area contributed by atoms with Crippen LogP contribution in [0, 0.1) is 0 Å². The fourth-order valence-corrected chi connectivity index (χ4v) is 2.50. The third-order valence-electron chi connectivity index (χ3n) is 0.870. The molecule has 0 aliphatic carbocycles. The molecule has 1 nitrogen and oxygen atoms in total. The molecular formula is C6H15NS3. The standard InChI is InChI=1S/C6H15NS3/c7-1-3-9-5-6-10-4-2-8/h8H,1-7H2. The Morgan fingerprint density at radius 2 is 1.60 bits per heavy atom. The van der Waals surface area contributed by atoms with Gasteiger partial charge in [-0.25, -0.2) is 0 Å². The highest BCUT2D eigenvalue weighted by molar-refractivity contribution is 8.03. The number of hydrogen-bond acceptors (Lipinski definition) is 4. The van der Waals surface area contributed by atoms with Crippen molar-refractivity contribution in [1.29, 1.82) is 0 Å². The lowest BCUT2D eigenvalue weighted by Crippen LogP contribution is -2.02. The van der Waals surface area contributed by atoms with Crippen LogP contribution in [0.5, 0.6) is 0 Å². The Bertz CT molecular complexity index is 53.0. The Kier molecular flexibility index (Phi) is 11.0. The van der Waals surface area contributed by atoms with Gasteiger partial charge in [0.25, 0.3) is 0 Å². The van der Waals surface area contributed by atoms with Gasteiger partial charge in [-0.05, 0) is 5.75 Å². The molecule has 0 aromatic heterocycles. The van der Waals surface area contributed by atoms with Crippen molar-refractivity contribution in [3.05, 3.63) is 0 Å². The fraction of sp³-hybridized carbons (Fsp3) is 1.00. The molecule has 0 bridgehead atoms. The number of thiol groups is 1. The Morgan fingerprint density at radius 1 is 1.00 bits per heavy atom. The SMILES string of the molecule is NCCSCCSCCS. The van der Waals surface area contributed by atoms with E-state index in [-0.39, 0.29) is 0 Å². The summed E-state index contributed by atoms with van der Waals surface area (Å²) in [6.45, 7) is 0.807. The molecule has 0 aromatic rings. The molecule has 62 valence electrons. The van der Waals surface area contributed by atoms with Crippen molar-refractivity contribution in [3.8, 4) is 0 Å². The lowest BCUT2D eigenvalue weighted by Gasteiger charge is -1.97. The molecule has 0 fully saturated rings. The number of rotatable bonds is 7. The van der Waals surface area contributed by atoms with Crippen LogP contribution in [0.1, 0.15) is 0 Å². The summed E-state index contributed by atoms with van der Waals surface area (Å²) in [4.78, 5) is 0. The van der Waals surface area contributed by atoms with Gasteiger partial charge in [-0.1, -0.05) is 0 Å². The molecule has 10 heavy (non-hydrogen) atoms. The molecule has 0 atom stereocenters. The highest BCUT2D eigenvalue weighted by Crippen LogP contribution is 2.05. The maximum Gasteiger partial charge on any atom is 0.00561 e. The van der Waals surface area contributed by atoms with Crippen LogP contribution in [-0.2, 0) is 0 Å². The molecule has 0 amide bonds. The molecule has 2 N–H and O–H groups in total. The molecular weight excluding hydrogens is 182 g/mol. The van der Waals surface area contributed by atoms with Gasteiger partial charge in [-0.3, -0.25) is 0 Å². The van der Waals surface area contributed by atoms with Gasteiger partial charge < -0.3 is 5.73 Å². The van der Waals surface area contributed by atoms with Crippen molar-refractivity contribution in [2.24, 2.45) is 5.73 Å². The molecule has 0 heterocycles. The zero-order valence-electron chi connectivity index (χ0n) is 6.08. The molecule has 0 spiro atoms. The summed E-state index contributed by atoms with van der Waals surface area (Å²) in [7, 11) is 0. The van der Waals surface area contributed by atoms with Crippen LogP contribution in [0.25, 0.3) is 0 Å². The molecule has 0 rings (SSSR count). The van der Waals surface area contributed by atoms with Gasteiger partial charge in [0.2, 0.25) is 0 Å². The first-order valence-corrected chi connectivity index (χ1v) is 6.32. The highest BCUT2D eigenvalue weighted by atomic mass is 32.2. The third kappa shape index (κ3) is 9.01. The van der Waals surface area contributed by atoms with E-state index in [1.165, 1.54) is 17.3 Å². The first kappa shape index (κ1) is 11.0. The van der Waals surface area contributed by atoms with Gasteiger partial charge in [-0.2, -0.15) is 36.2 Å². The van der Waals surface area contributed by atoms with Crippen molar-refractivity contribution in [3.63, 3.8) is 0 Å². The maximum absolute atomic E-state index is 5.33. The Balaban J connectivity index is 2.65. The van der Waals surface area contributed by atoms with Gasteiger partial charge in [0, 0.05) is 29.6 Å². The van der Waals surface area contributed by atoms with Crippen LogP contribution in [0.3, 0.4) is 0 Å². The molecule has 0 aromatic carbocycles. The Hall–Kier alpha value is 1.01. The average Bonchev–Trinajstić information content (AvgIpc) is 1.97. The summed E-state index contributed by atoms with van der Waals surface area (Å²) in [5.41, 5.74) is 5.33. The number of hydrogen-bond donors (Lipinski definition) is 2. The van der Waals surface area contributed by atoms with Crippen molar-refractivity contribution in [2.45, 2.75) is 0 Å². The summed E-state index contributed by atoms with van der Waals surface area (Å²) < 4.78 is 0. The summed E-state index contributed by atoms with van der Waals surface area (Å²) in [5, 5.41) is 0. The van der Waals surface area contributed by atoms with Crippen molar-refractivity contribution < 1.29 is 0 Å². The normalized spacial score (nSPS) is 10.2. The Labute approximate surface area is 77.3 Å². The molecule has 0 saturated heterocycles. The molecule has 0 radical (unpaired) electrons. The predicted molar refractivity (Wildman–Crippen MR) is 57.6 cm³/mol. The van der Waals surface area contributed by atoms with E-state index in [1.807, 2.05) is 23.5 Å². The van der Waals surface area contributed by atoms with Gasteiger partial charge in [0.15, 0.2) is 0 Å². The second-order valence-corrected chi connectivity index (χ2v) is 4.63. The first-order chi connectivity index (χ1) is 4.91. The monoisotopic (exact) mass is 197 g/mol. The van der Waals surface area contributed by atoms with E-state index in [1.54, 1.807) is 0 Å². The van der Waals surface area contributed by atoms with Gasteiger partial charge in [0.1, 0.15) is 0 Å². The number of nitrogens with two attached hydrogens (primary N) is 1. The largest absolute Gasteiger partial charge is 0.330 e. The van der Waals surface area contributed by atoms with Crippen LogP contribution in [0.4, 0.5) is 0 Å². The Morgan fingerprint density at radius 3 is 2.10 bits per heavy atom. The van der Waals surface area contributed by atoms with Crippen molar-refractivity contribution in [1.82, 2.24) is 0 Å². The summed E-state index contributed by atoms with van der Waals surface area (Å²) in [6.07, 6.45) is 0. The van der Waals surface area contributed by atoms with E-state index in [2.05, 4.69) is 12.6 Å². The first-order valence-electron chi connectivity index (χ1n) is 3.38. The van der Waals surface area contributed by atoms with Crippen LogP contribution in [0.15, 0.2) is 0 Å². The van der Waals surface area contributed by atoms with E-state index in [9.17, 15) is 0 Å². The van der Waals surface area contributed by atoms with Crippen molar-refractivity contribution in [2.75, 3.05) is 35.3 Å². The van der Waals surface area contributed by atoms with Gasteiger partial charge in [0.05, 0.1) is 0 Å². The van der Waals surface area contributed by atoms with E-state index < -0.39 is 0 Å². The molecule has 0 aliphatic rings. The quantitative estimate of drug-likeness (QED) is 0.476. The van der Waals surface area contributed by atoms with Crippen LogP contribution >= 0.6 is 36.2 Å². The number of thioether (sulfide) groups is 2. The van der Waals surface area contributed by atoms with Crippen LogP contribution in [-0.4, -0.2) is 35.3 Å². The summed E-state index contributed by atoms with van der Waals surface area (Å²) >= 11 is 8.01. The zero-order chi connectivity index (χ0) is 7.66. The minimum Gasteiger partial charge on any atom is -0.330 e. The van der Waals surface area contributed by atoms with Gasteiger partial charge >= 0.3 is 0 Å². The minimum atomic E-state index is 0.807. The molecule has 4 heteroatoms. The predicted octanol–water partition coefficient (Wildman–Crippen LogP) is 1.34. The topological polar surface area (TPSA) is 26.0 Å². The van der Waals surface area contributed by atoms with E-state index in [4.69, 9.17) is 5.73 Å². The lowest BCUT2D eigenvalue weighted by molar-refractivity contribution is 1.15. The smallest absolute Gasteiger partial charge is 0.00561 e. The minimum absolute atomic E-state index is 0.807. The third-order valence-corrected chi connectivity index (χ3v) is 3.66. The second-order valence-electron chi connectivity index (χ2n) is 1.74. The molecule has 0 unspecified atom stereocenters. The summed E-state index contributed by atoms with van der Waals surface area (Å²) in [5.74, 6) is 5.74. The van der Waals surface area contributed by atoms with Crippen LogP contribution < -0.4 is 5.73 Å². The fourth-order valence-electron chi connectivity index (χ4n) is 0.470.